The van der Waals surface area contributed by atoms with Gasteiger partial charge in [0.2, 0.25) is 0 Å². The lowest BCUT2D eigenvalue weighted by molar-refractivity contribution is -0.148. The molecule has 4 nitrogen and oxygen atoms in total. The molecule has 1 rings (SSSR count). The third kappa shape index (κ3) is 3.19. The minimum Gasteiger partial charge on any atom is -0.495 e. The van der Waals surface area contributed by atoms with Crippen LogP contribution in [0.15, 0.2) is 24.3 Å². The van der Waals surface area contributed by atoms with E-state index in [0.29, 0.717) is 19.4 Å². The van der Waals surface area contributed by atoms with Crippen LogP contribution in [0.1, 0.15) is 26.7 Å². The van der Waals surface area contributed by atoms with Crippen LogP contribution in [0.2, 0.25) is 0 Å². The van der Waals surface area contributed by atoms with E-state index in [-0.39, 0.29) is 0 Å². The van der Waals surface area contributed by atoms with Gasteiger partial charge in [0.25, 0.3) is 0 Å². The number of hydrogen-bond donors (Lipinski definition) is 1. The maximum Gasteiger partial charge on any atom is 0.311 e. The average Bonchev–Trinajstić information content (AvgIpc) is 2.44. The Labute approximate surface area is 115 Å². The lowest BCUT2D eigenvalue weighted by Gasteiger charge is -2.33. The van der Waals surface area contributed by atoms with E-state index < -0.39 is 11.4 Å². The van der Waals surface area contributed by atoms with E-state index in [9.17, 15) is 9.90 Å². The van der Waals surface area contributed by atoms with Gasteiger partial charge in [0.05, 0.1) is 18.2 Å². The van der Waals surface area contributed by atoms with Crippen molar-refractivity contribution in [3.05, 3.63) is 24.3 Å². The number of methoxy groups -OCH3 is 1. The number of rotatable bonds is 7. The second kappa shape index (κ2) is 6.45. The monoisotopic (exact) mass is 265 g/mol. The molecule has 1 aromatic carbocycles. The molecule has 0 amide bonds. The number of nitrogens with zero attached hydrogens (tertiary/aromatic N) is 1. The number of benzene rings is 1. The van der Waals surface area contributed by atoms with Gasteiger partial charge in [-0.25, -0.2) is 0 Å². The molecule has 0 aromatic heterocycles. The van der Waals surface area contributed by atoms with E-state index in [1.807, 2.05) is 50.1 Å². The van der Waals surface area contributed by atoms with Crippen LogP contribution < -0.4 is 9.64 Å². The van der Waals surface area contributed by atoms with Crippen LogP contribution in [0.3, 0.4) is 0 Å². The van der Waals surface area contributed by atoms with E-state index in [2.05, 4.69) is 0 Å². The predicted octanol–water partition coefficient (Wildman–Crippen LogP) is 3.02. The van der Waals surface area contributed by atoms with Crippen LogP contribution in [-0.4, -0.2) is 31.8 Å². The third-order valence-electron chi connectivity index (χ3n) is 3.84. The van der Waals surface area contributed by atoms with E-state index in [0.717, 1.165) is 11.4 Å². The molecular weight excluding hydrogens is 242 g/mol. The number of carboxylic acids is 1. The summed E-state index contributed by atoms with van der Waals surface area (Å²) in [7, 11) is 3.53. The molecule has 0 radical (unpaired) electrons. The molecule has 0 spiro atoms. The highest BCUT2D eigenvalue weighted by molar-refractivity contribution is 5.76. The van der Waals surface area contributed by atoms with Crippen LogP contribution >= 0.6 is 0 Å². The summed E-state index contributed by atoms with van der Waals surface area (Å²) >= 11 is 0. The molecule has 0 aliphatic carbocycles. The molecule has 0 aliphatic rings. The van der Waals surface area contributed by atoms with Crippen LogP contribution in [-0.2, 0) is 4.79 Å². The molecule has 1 N–H and O–H groups in total. The first-order valence-corrected chi connectivity index (χ1v) is 6.58. The number of ether oxygens (including phenoxy) is 1. The highest BCUT2D eigenvalue weighted by Crippen LogP contribution is 2.33. The second-order valence-electron chi connectivity index (χ2n) is 4.82. The molecule has 0 saturated heterocycles. The summed E-state index contributed by atoms with van der Waals surface area (Å²) in [6.45, 7) is 4.32. The number of aliphatic carboxylic acids is 1. The molecule has 0 unspecified atom stereocenters. The van der Waals surface area contributed by atoms with Gasteiger partial charge in [0.15, 0.2) is 0 Å². The van der Waals surface area contributed by atoms with Crippen molar-refractivity contribution < 1.29 is 14.6 Å². The first kappa shape index (κ1) is 15.3. The summed E-state index contributed by atoms with van der Waals surface area (Å²) in [6.07, 6.45) is 1.22. The molecule has 0 aliphatic heterocycles. The lowest BCUT2D eigenvalue weighted by atomic mass is 9.82. The zero-order valence-electron chi connectivity index (χ0n) is 12.1. The first-order chi connectivity index (χ1) is 9.00. The zero-order valence-corrected chi connectivity index (χ0v) is 12.1. The van der Waals surface area contributed by atoms with Crippen LogP contribution in [0.25, 0.3) is 0 Å². The number of carboxylic acid groups (broad SMARTS) is 1. The van der Waals surface area contributed by atoms with Crippen molar-refractivity contribution >= 4 is 11.7 Å². The summed E-state index contributed by atoms with van der Waals surface area (Å²) in [5, 5.41) is 9.49. The second-order valence-corrected chi connectivity index (χ2v) is 4.82. The molecule has 19 heavy (non-hydrogen) atoms. The highest BCUT2D eigenvalue weighted by Gasteiger charge is 2.36. The smallest absolute Gasteiger partial charge is 0.311 e. The normalized spacial score (nSPS) is 11.2. The number of anilines is 1. The van der Waals surface area contributed by atoms with Gasteiger partial charge in [-0.2, -0.15) is 0 Å². The van der Waals surface area contributed by atoms with Crippen molar-refractivity contribution in [2.45, 2.75) is 26.7 Å². The maximum atomic E-state index is 11.5. The summed E-state index contributed by atoms with van der Waals surface area (Å²) in [4.78, 5) is 13.5. The summed E-state index contributed by atoms with van der Waals surface area (Å²) in [5.41, 5.74) is 0.202. The van der Waals surface area contributed by atoms with Gasteiger partial charge in [0, 0.05) is 13.6 Å². The van der Waals surface area contributed by atoms with Gasteiger partial charge in [0.1, 0.15) is 5.75 Å². The summed E-state index contributed by atoms with van der Waals surface area (Å²) < 4.78 is 5.32. The van der Waals surface area contributed by atoms with Crippen molar-refractivity contribution in [2.24, 2.45) is 5.41 Å². The lowest BCUT2D eigenvalue weighted by Crippen LogP contribution is -2.41. The van der Waals surface area contributed by atoms with E-state index in [1.54, 1.807) is 7.11 Å². The molecule has 0 heterocycles. The fraction of sp³-hybridized carbons (Fsp3) is 0.533. The topological polar surface area (TPSA) is 49.8 Å². The van der Waals surface area contributed by atoms with Gasteiger partial charge < -0.3 is 14.7 Å². The van der Waals surface area contributed by atoms with Gasteiger partial charge in [-0.15, -0.1) is 0 Å². The third-order valence-corrected chi connectivity index (χ3v) is 3.84. The van der Waals surface area contributed by atoms with E-state index in [1.165, 1.54) is 0 Å². The fourth-order valence-electron chi connectivity index (χ4n) is 2.33. The standard InChI is InChI=1S/C15H23NO3/c1-5-15(6-2,14(17)18)11-16(3)12-9-7-8-10-13(12)19-4/h7-10H,5-6,11H2,1-4H3,(H,17,18). The Morgan fingerprint density at radius 1 is 1.32 bits per heavy atom. The van der Waals surface area contributed by atoms with E-state index in [4.69, 9.17) is 4.74 Å². The minimum absolute atomic E-state index is 0.468. The van der Waals surface area contributed by atoms with Crippen molar-refractivity contribution in [1.82, 2.24) is 0 Å². The summed E-state index contributed by atoms with van der Waals surface area (Å²) in [5.74, 6) is 0.0238. The molecule has 4 heteroatoms. The molecular formula is C15H23NO3. The first-order valence-electron chi connectivity index (χ1n) is 6.58. The molecule has 0 atom stereocenters. The van der Waals surface area contributed by atoms with E-state index >= 15 is 0 Å². The Hall–Kier alpha value is -1.71. The Kier molecular flexibility index (Phi) is 5.21. The largest absolute Gasteiger partial charge is 0.495 e. The minimum atomic E-state index is -0.737. The highest BCUT2D eigenvalue weighted by atomic mass is 16.5. The van der Waals surface area contributed by atoms with Gasteiger partial charge in [-0.05, 0) is 25.0 Å². The van der Waals surface area contributed by atoms with Gasteiger partial charge in [-0.1, -0.05) is 26.0 Å². The summed E-state index contributed by atoms with van der Waals surface area (Å²) in [6, 6.07) is 7.65. The molecule has 0 bridgehead atoms. The predicted molar refractivity (Wildman–Crippen MR) is 76.9 cm³/mol. The molecule has 1 aromatic rings. The Balaban J connectivity index is 3.00. The Bertz CT molecular complexity index is 427. The number of para-hydroxylation sites is 2. The van der Waals surface area contributed by atoms with Crippen LogP contribution in [0.4, 0.5) is 5.69 Å². The SMILES string of the molecule is CCC(CC)(CN(C)c1ccccc1OC)C(=O)O. The van der Waals surface area contributed by atoms with Crippen molar-refractivity contribution in [3.63, 3.8) is 0 Å². The quantitative estimate of drug-likeness (QED) is 0.823. The number of hydrogen-bond acceptors (Lipinski definition) is 3. The van der Waals surface area contributed by atoms with Crippen molar-refractivity contribution in [3.8, 4) is 5.75 Å². The van der Waals surface area contributed by atoms with Gasteiger partial charge >= 0.3 is 5.97 Å². The number of carbonyl (C=O) groups is 1. The van der Waals surface area contributed by atoms with Crippen molar-refractivity contribution in [1.29, 1.82) is 0 Å². The molecule has 106 valence electrons. The Morgan fingerprint density at radius 3 is 2.37 bits per heavy atom. The van der Waals surface area contributed by atoms with Gasteiger partial charge in [-0.3, -0.25) is 4.79 Å². The fourth-order valence-corrected chi connectivity index (χ4v) is 2.33. The molecule has 0 fully saturated rings. The maximum absolute atomic E-state index is 11.5. The van der Waals surface area contributed by atoms with Crippen molar-refractivity contribution in [2.75, 3.05) is 25.6 Å². The zero-order chi connectivity index (χ0) is 14.5. The Morgan fingerprint density at radius 2 is 1.89 bits per heavy atom. The average molecular weight is 265 g/mol. The molecule has 0 saturated carbocycles. The van der Waals surface area contributed by atoms with Crippen LogP contribution in [0.5, 0.6) is 5.75 Å². The van der Waals surface area contributed by atoms with Crippen LogP contribution in [0, 0.1) is 5.41 Å².